The second kappa shape index (κ2) is 12.0. The molecule has 1 aromatic rings. The highest BCUT2D eigenvalue weighted by Gasteiger charge is 2.27. The lowest BCUT2D eigenvalue weighted by Crippen LogP contribution is -2.42. The largest absolute Gasteiger partial charge is 0.494 e. The van der Waals surface area contributed by atoms with Gasteiger partial charge in [0, 0.05) is 13.1 Å². The maximum Gasteiger partial charge on any atom is 0.227 e. The summed E-state index contributed by atoms with van der Waals surface area (Å²) in [7, 11) is 1.44. The highest BCUT2D eigenvalue weighted by atomic mass is 127. The number of guanidine groups is 1. The molecule has 0 saturated heterocycles. The van der Waals surface area contributed by atoms with Crippen LogP contribution in [-0.4, -0.2) is 38.6 Å². The average molecular weight is 494 g/mol. The van der Waals surface area contributed by atoms with Crippen molar-refractivity contribution in [2.75, 3.05) is 26.7 Å². The third-order valence-corrected chi connectivity index (χ3v) is 3.96. The zero-order chi connectivity index (χ0) is 19.7. The zero-order valence-corrected chi connectivity index (χ0v) is 19.3. The fourth-order valence-electron chi connectivity index (χ4n) is 2.31. The molecule has 0 bridgehead atoms. The first-order valence-corrected chi connectivity index (χ1v) is 8.91. The van der Waals surface area contributed by atoms with Gasteiger partial charge in [-0.3, -0.25) is 9.79 Å². The Bertz CT molecular complexity index is 638. The van der Waals surface area contributed by atoms with Crippen LogP contribution in [0, 0.1) is 11.2 Å². The molecule has 0 heterocycles. The molecule has 0 aliphatic rings. The molecule has 1 rings (SSSR count). The Kier molecular flexibility index (Phi) is 11.3. The first-order chi connectivity index (χ1) is 12.2. The van der Waals surface area contributed by atoms with Crippen LogP contribution in [0.4, 0.5) is 4.39 Å². The molecule has 0 aliphatic heterocycles. The van der Waals surface area contributed by atoms with Crippen LogP contribution < -0.4 is 20.7 Å². The van der Waals surface area contributed by atoms with Crippen LogP contribution in [-0.2, 0) is 4.79 Å². The Morgan fingerprint density at radius 3 is 2.41 bits per heavy atom. The lowest BCUT2D eigenvalue weighted by molar-refractivity contribution is -0.128. The van der Waals surface area contributed by atoms with E-state index >= 15 is 0 Å². The number of carbonyl (C=O) groups is 1. The van der Waals surface area contributed by atoms with Crippen LogP contribution in [0.3, 0.4) is 0 Å². The van der Waals surface area contributed by atoms with E-state index in [0.717, 1.165) is 5.56 Å². The number of hydrogen-bond acceptors (Lipinski definition) is 3. The smallest absolute Gasteiger partial charge is 0.227 e. The van der Waals surface area contributed by atoms with E-state index in [2.05, 4.69) is 20.9 Å². The van der Waals surface area contributed by atoms with E-state index in [1.165, 1.54) is 13.2 Å². The SMILES string of the molecule is CCNC(=O)C(C)(C)CN=C(NCC)NC(C)c1ccc(OC)c(F)c1.I. The van der Waals surface area contributed by atoms with Crippen LogP contribution in [0.5, 0.6) is 5.75 Å². The van der Waals surface area contributed by atoms with Crippen molar-refractivity contribution in [2.45, 2.75) is 40.7 Å². The molecule has 1 atom stereocenters. The van der Waals surface area contributed by atoms with Gasteiger partial charge in [-0.15, -0.1) is 24.0 Å². The number of nitrogens with one attached hydrogen (secondary N) is 3. The number of aliphatic imine (C=N–C) groups is 1. The second-order valence-corrected chi connectivity index (χ2v) is 6.70. The van der Waals surface area contributed by atoms with E-state index < -0.39 is 11.2 Å². The van der Waals surface area contributed by atoms with Crippen molar-refractivity contribution in [3.05, 3.63) is 29.6 Å². The molecule has 0 spiro atoms. The summed E-state index contributed by atoms with van der Waals surface area (Å²) in [6, 6.07) is 4.69. The minimum Gasteiger partial charge on any atom is -0.494 e. The number of ether oxygens (including phenoxy) is 1. The number of amides is 1. The molecular weight excluding hydrogens is 462 g/mol. The van der Waals surface area contributed by atoms with Gasteiger partial charge in [-0.1, -0.05) is 6.07 Å². The van der Waals surface area contributed by atoms with Gasteiger partial charge in [-0.05, 0) is 52.3 Å². The minimum absolute atomic E-state index is 0. The Balaban J connectivity index is 0.00000676. The number of methoxy groups -OCH3 is 1. The molecule has 154 valence electrons. The fraction of sp³-hybridized carbons (Fsp3) is 0.579. The maximum atomic E-state index is 13.9. The van der Waals surface area contributed by atoms with Crippen LogP contribution in [0.2, 0.25) is 0 Å². The summed E-state index contributed by atoms with van der Waals surface area (Å²) in [6.07, 6.45) is 0. The topological polar surface area (TPSA) is 74.8 Å². The lowest BCUT2D eigenvalue weighted by Gasteiger charge is -2.23. The maximum absolute atomic E-state index is 13.9. The number of benzene rings is 1. The minimum atomic E-state index is -0.617. The van der Waals surface area contributed by atoms with Gasteiger partial charge in [0.15, 0.2) is 17.5 Å². The van der Waals surface area contributed by atoms with Gasteiger partial charge in [-0.25, -0.2) is 4.39 Å². The molecule has 0 aliphatic carbocycles. The average Bonchev–Trinajstić information content (AvgIpc) is 2.60. The van der Waals surface area contributed by atoms with E-state index in [1.54, 1.807) is 6.07 Å². The van der Waals surface area contributed by atoms with Crippen molar-refractivity contribution in [3.8, 4) is 5.75 Å². The van der Waals surface area contributed by atoms with Crippen molar-refractivity contribution in [1.29, 1.82) is 0 Å². The summed E-state index contributed by atoms with van der Waals surface area (Å²) in [5.41, 5.74) is 0.158. The summed E-state index contributed by atoms with van der Waals surface area (Å²) in [5, 5.41) is 9.22. The van der Waals surface area contributed by atoms with Crippen LogP contribution in [0.25, 0.3) is 0 Å². The quantitative estimate of drug-likeness (QED) is 0.295. The molecule has 3 N–H and O–H groups in total. The molecule has 0 fully saturated rings. The number of nitrogens with zero attached hydrogens (tertiary/aromatic N) is 1. The molecule has 8 heteroatoms. The van der Waals surface area contributed by atoms with Crippen LogP contribution in [0.15, 0.2) is 23.2 Å². The number of halogens is 2. The molecule has 0 radical (unpaired) electrons. The molecule has 0 aromatic heterocycles. The van der Waals surface area contributed by atoms with Crippen molar-refractivity contribution in [2.24, 2.45) is 10.4 Å². The normalized spacial score (nSPS) is 12.6. The summed E-state index contributed by atoms with van der Waals surface area (Å²) in [4.78, 5) is 16.6. The Morgan fingerprint density at radius 2 is 1.89 bits per heavy atom. The van der Waals surface area contributed by atoms with Gasteiger partial charge in [-0.2, -0.15) is 0 Å². The molecule has 1 aromatic carbocycles. The monoisotopic (exact) mass is 494 g/mol. The molecular formula is C19H32FIN4O2. The molecule has 1 amide bonds. The summed E-state index contributed by atoms with van der Waals surface area (Å²) in [5.74, 6) is 0.349. The Labute approximate surface area is 178 Å². The van der Waals surface area contributed by atoms with Gasteiger partial charge >= 0.3 is 0 Å². The third-order valence-electron chi connectivity index (χ3n) is 3.96. The van der Waals surface area contributed by atoms with Gasteiger partial charge in [0.25, 0.3) is 0 Å². The zero-order valence-electron chi connectivity index (χ0n) is 17.0. The van der Waals surface area contributed by atoms with Crippen LogP contribution in [0.1, 0.15) is 46.2 Å². The Morgan fingerprint density at radius 1 is 1.26 bits per heavy atom. The highest BCUT2D eigenvalue weighted by molar-refractivity contribution is 14.0. The van der Waals surface area contributed by atoms with E-state index in [-0.39, 0.29) is 41.7 Å². The lowest BCUT2D eigenvalue weighted by atomic mass is 9.92. The standard InChI is InChI=1S/C19H31FN4O2.HI/c1-7-21-17(25)19(4,5)12-23-18(22-8-2)24-13(3)14-9-10-16(26-6)15(20)11-14;/h9-11,13H,7-8,12H2,1-6H3,(H,21,25)(H2,22,23,24);1H. The van der Waals surface area contributed by atoms with Crippen molar-refractivity contribution in [3.63, 3.8) is 0 Å². The van der Waals surface area contributed by atoms with Gasteiger partial charge < -0.3 is 20.7 Å². The molecule has 27 heavy (non-hydrogen) atoms. The van der Waals surface area contributed by atoms with Gasteiger partial charge in [0.05, 0.1) is 25.1 Å². The van der Waals surface area contributed by atoms with E-state index in [0.29, 0.717) is 25.6 Å². The first kappa shape index (κ1) is 25.4. The van der Waals surface area contributed by atoms with Gasteiger partial charge in [0.2, 0.25) is 5.91 Å². The number of carbonyl (C=O) groups excluding carboxylic acids is 1. The Hall–Kier alpha value is -1.58. The van der Waals surface area contributed by atoms with Crippen molar-refractivity contribution < 1.29 is 13.9 Å². The van der Waals surface area contributed by atoms with E-state index in [4.69, 9.17) is 4.74 Å². The number of hydrogen-bond donors (Lipinski definition) is 3. The molecule has 6 nitrogen and oxygen atoms in total. The van der Waals surface area contributed by atoms with Crippen LogP contribution >= 0.6 is 24.0 Å². The first-order valence-electron chi connectivity index (χ1n) is 8.91. The molecule has 0 saturated carbocycles. The molecule has 1 unspecified atom stereocenters. The summed E-state index contributed by atoms with van der Waals surface area (Å²) < 4.78 is 18.9. The third kappa shape index (κ3) is 7.90. The van der Waals surface area contributed by atoms with Gasteiger partial charge in [0.1, 0.15) is 0 Å². The highest BCUT2D eigenvalue weighted by Crippen LogP contribution is 2.22. The van der Waals surface area contributed by atoms with Crippen molar-refractivity contribution in [1.82, 2.24) is 16.0 Å². The van der Waals surface area contributed by atoms with E-state index in [9.17, 15) is 9.18 Å². The predicted octanol–water partition coefficient (Wildman–Crippen LogP) is 3.23. The number of rotatable bonds is 8. The predicted molar refractivity (Wildman–Crippen MR) is 118 cm³/mol. The fourth-order valence-corrected chi connectivity index (χ4v) is 2.31. The van der Waals surface area contributed by atoms with Crippen molar-refractivity contribution >= 4 is 35.8 Å². The summed E-state index contributed by atoms with van der Waals surface area (Å²) >= 11 is 0. The van der Waals surface area contributed by atoms with E-state index in [1.807, 2.05) is 40.7 Å². The summed E-state index contributed by atoms with van der Waals surface area (Å²) in [6.45, 7) is 11.1. The second-order valence-electron chi connectivity index (χ2n) is 6.70.